The summed E-state index contributed by atoms with van der Waals surface area (Å²) in [4.78, 5) is 48.8. The second-order valence-electron chi connectivity index (χ2n) is 6.36. The molecule has 10 heteroatoms. The summed E-state index contributed by atoms with van der Waals surface area (Å²) in [5, 5.41) is 49.7. The molecule has 0 fully saturated rings. The minimum Gasteiger partial charge on any atom is -0.504 e. The first-order valence-corrected chi connectivity index (χ1v) is 8.61. The number of Topliss-reactive ketones (excluding diaryl/α,β-unsaturated/α-hetero) is 1. The first-order chi connectivity index (χ1) is 14.5. The van der Waals surface area contributed by atoms with Crippen LogP contribution in [-0.4, -0.2) is 67.3 Å². The van der Waals surface area contributed by atoms with Gasteiger partial charge in [-0.15, -0.1) is 0 Å². The highest BCUT2D eigenvalue weighted by atomic mass is 16.5. The first-order valence-electron chi connectivity index (χ1n) is 8.61. The molecule has 2 unspecified atom stereocenters. The van der Waals surface area contributed by atoms with E-state index in [0.29, 0.717) is 6.08 Å². The Morgan fingerprint density at radius 1 is 0.903 bits per heavy atom. The second kappa shape index (κ2) is 8.78. The van der Waals surface area contributed by atoms with Crippen molar-refractivity contribution in [2.45, 2.75) is 11.2 Å². The molecule has 0 amide bonds. The lowest BCUT2D eigenvalue weighted by molar-refractivity contribution is -0.196. The summed E-state index contributed by atoms with van der Waals surface area (Å²) < 4.78 is 4.89. The molecule has 10 nitrogen and oxygen atoms in total. The third-order valence-electron chi connectivity index (χ3n) is 4.49. The van der Waals surface area contributed by atoms with E-state index in [-0.39, 0.29) is 17.1 Å². The highest BCUT2D eigenvalue weighted by molar-refractivity contribution is 6.27. The number of phenols is 1. The molecule has 31 heavy (non-hydrogen) atoms. The highest BCUT2D eigenvalue weighted by Crippen LogP contribution is 2.31. The van der Waals surface area contributed by atoms with Crippen LogP contribution in [0.4, 0.5) is 0 Å². The molecule has 0 spiro atoms. The summed E-state index contributed by atoms with van der Waals surface area (Å²) >= 11 is 0. The molecule has 5 N–H and O–H groups in total. The fourth-order valence-electron chi connectivity index (χ4n) is 2.74. The molecule has 2 aromatic carbocycles. The number of ketones is 2. The quantitative estimate of drug-likeness (QED) is 0.214. The predicted molar refractivity (Wildman–Crippen MR) is 105 cm³/mol. The van der Waals surface area contributed by atoms with Gasteiger partial charge >= 0.3 is 11.9 Å². The number of rotatable bonds is 9. The number of ether oxygens (including phenoxy) is 1. The molecule has 0 aliphatic rings. The molecule has 0 saturated heterocycles. The number of carboxylic acid groups (broad SMARTS) is 2. The molecule has 0 aromatic heterocycles. The summed E-state index contributed by atoms with van der Waals surface area (Å²) in [7, 11) is 1.26. The van der Waals surface area contributed by atoms with Gasteiger partial charge in [-0.05, 0) is 23.8 Å². The van der Waals surface area contributed by atoms with Gasteiger partial charge < -0.3 is 30.3 Å². The number of aromatic hydroxyl groups is 1. The number of hydrogen-bond acceptors (Lipinski definition) is 8. The topological polar surface area (TPSA) is 179 Å². The van der Waals surface area contributed by atoms with E-state index in [1.807, 2.05) is 0 Å². The summed E-state index contributed by atoms with van der Waals surface area (Å²) in [6, 6.07) is 10.0. The summed E-state index contributed by atoms with van der Waals surface area (Å²) in [6.45, 7) is 0. The fraction of sp³-hybridized carbons (Fsp3) is 0.143. The van der Waals surface area contributed by atoms with Gasteiger partial charge in [0.25, 0.3) is 11.2 Å². The maximum atomic E-state index is 12.7. The van der Waals surface area contributed by atoms with E-state index in [1.54, 1.807) is 0 Å². The number of benzene rings is 2. The Hall–Kier alpha value is -4.02. The van der Waals surface area contributed by atoms with E-state index < -0.39 is 40.3 Å². The van der Waals surface area contributed by atoms with E-state index in [1.165, 1.54) is 43.5 Å². The highest BCUT2D eigenvalue weighted by Gasteiger charge is 2.69. The van der Waals surface area contributed by atoms with Crippen molar-refractivity contribution >= 4 is 29.6 Å². The SMILES string of the molecule is COc1cc(/C=C/C(=O)C(O)(C(=O)O)C(O)(C(=O)O)C(=O)c2ccccc2)ccc1O. The Morgan fingerprint density at radius 2 is 1.48 bits per heavy atom. The zero-order chi connectivity index (χ0) is 23.4. The zero-order valence-corrected chi connectivity index (χ0v) is 16.1. The van der Waals surface area contributed by atoms with E-state index >= 15 is 0 Å². The lowest BCUT2D eigenvalue weighted by Crippen LogP contribution is -2.71. The fourth-order valence-corrected chi connectivity index (χ4v) is 2.74. The summed E-state index contributed by atoms with van der Waals surface area (Å²) in [6.07, 6.45) is 1.47. The molecule has 2 rings (SSSR count). The lowest BCUT2D eigenvalue weighted by atomic mass is 9.74. The van der Waals surface area contributed by atoms with E-state index in [0.717, 1.165) is 18.2 Å². The van der Waals surface area contributed by atoms with Gasteiger partial charge in [0, 0.05) is 5.56 Å². The molecular formula is C21H18O10. The lowest BCUT2D eigenvalue weighted by Gasteiger charge is -2.33. The number of aliphatic carboxylic acids is 2. The average Bonchev–Trinajstić information content (AvgIpc) is 2.76. The molecular weight excluding hydrogens is 412 g/mol. The summed E-state index contributed by atoms with van der Waals surface area (Å²) in [5.74, 6) is -8.55. The molecule has 0 aliphatic carbocycles. The van der Waals surface area contributed by atoms with Crippen LogP contribution in [-0.2, 0) is 14.4 Å². The molecule has 0 radical (unpaired) electrons. The van der Waals surface area contributed by atoms with E-state index in [9.17, 15) is 44.7 Å². The molecule has 2 atom stereocenters. The smallest absolute Gasteiger partial charge is 0.348 e. The van der Waals surface area contributed by atoms with Gasteiger partial charge in [0.15, 0.2) is 11.5 Å². The number of carbonyl (C=O) groups is 4. The molecule has 0 saturated carbocycles. The Labute approximate surface area is 175 Å². The third-order valence-corrected chi connectivity index (χ3v) is 4.49. The minimum atomic E-state index is -4.05. The van der Waals surface area contributed by atoms with Crippen LogP contribution in [0.15, 0.2) is 54.6 Å². The van der Waals surface area contributed by atoms with Crippen molar-refractivity contribution in [2.24, 2.45) is 0 Å². The van der Waals surface area contributed by atoms with Crippen molar-refractivity contribution in [3.8, 4) is 11.5 Å². The molecule has 0 aliphatic heterocycles. The molecule has 0 heterocycles. The van der Waals surface area contributed by atoms with Gasteiger partial charge in [-0.3, -0.25) is 9.59 Å². The second-order valence-corrected chi connectivity index (χ2v) is 6.36. The van der Waals surface area contributed by atoms with Gasteiger partial charge in [0.2, 0.25) is 11.6 Å². The number of aliphatic hydroxyl groups is 2. The number of carboxylic acids is 2. The number of methoxy groups -OCH3 is 1. The number of carbonyl (C=O) groups excluding carboxylic acids is 2. The standard InChI is InChI=1S/C21H18O10/c1-31-15-11-12(7-9-14(15)22)8-10-16(23)20(29,18(25)26)21(30,19(27)28)17(24)13-5-3-2-4-6-13/h2-11,22,29-30H,1H3,(H,25,26)(H,27,28)/b10-8+. The molecule has 0 bridgehead atoms. The maximum Gasteiger partial charge on any atom is 0.348 e. The van der Waals surface area contributed by atoms with Crippen LogP contribution in [0.25, 0.3) is 6.08 Å². The van der Waals surface area contributed by atoms with Crippen LogP contribution < -0.4 is 4.74 Å². The Balaban J connectivity index is 2.55. The van der Waals surface area contributed by atoms with E-state index in [2.05, 4.69) is 0 Å². The Kier molecular flexibility index (Phi) is 6.58. The zero-order valence-electron chi connectivity index (χ0n) is 16.1. The predicted octanol–water partition coefficient (Wildman–Crippen LogP) is 0.497. The van der Waals surface area contributed by atoms with Gasteiger partial charge in [-0.1, -0.05) is 42.5 Å². The van der Waals surface area contributed by atoms with Crippen molar-refractivity contribution < 1.29 is 49.4 Å². The Bertz CT molecular complexity index is 1060. The van der Waals surface area contributed by atoms with Gasteiger partial charge in [-0.25, -0.2) is 9.59 Å². The van der Waals surface area contributed by atoms with Gasteiger partial charge in [0.05, 0.1) is 7.11 Å². The molecule has 162 valence electrons. The van der Waals surface area contributed by atoms with Gasteiger partial charge in [-0.2, -0.15) is 0 Å². The number of hydrogen-bond donors (Lipinski definition) is 5. The summed E-state index contributed by atoms with van der Waals surface area (Å²) in [5.41, 5.74) is -8.33. The third kappa shape index (κ3) is 4.02. The molecule has 2 aromatic rings. The van der Waals surface area contributed by atoms with Crippen LogP contribution in [0.3, 0.4) is 0 Å². The van der Waals surface area contributed by atoms with E-state index in [4.69, 9.17) is 4.74 Å². The largest absolute Gasteiger partial charge is 0.504 e. The van der Waals surface area contributed by atoms with Crippen LogP contribution in [0.1, 0.15) is 15.9 Å². The van der Waals surface area contributed by atoms with Crippen molar-refractivity contribution in [1.82, 2.24) is 0 Å². The van der Waals surface area contributed by atoms with Crippen molar-refractivity contribution in [3.05, 3.63) is 65.7 Å². The van der Waals surface area contributed by atoms with Gasteiger partial charge in [0.1, 0.15) is 0 Å². The monoisotopic (exact) mass is 430 g/mol. The normalized spacial score (nSPS) is 14.9. The van der Waals surface area contributed by atoms with Crippen LogP contribution >= 0.6 is 0 Å². The van der Waals surface area contributed by atoms with Crippen LogP contribution in [0.2, 0.25) is 0 Å². The van der Waals surface area contributed by atoms with Crippen molar-refractivity contribution in [2.75, 3.05) is 7.11 Å². The van der Waals surface area contributed by atoms with Crippen LogP contribution in [0.5, 0.6) is 11.5 Å². The maximum absolute atomic E-state index is 12.7. The first kappa shape index (κ1) is 23.3. The average molecular weight is 430 g/mol. The van der Waals surface area contributed by atoms with Crippen molar-refractivity contribution in [3.63, 3.8) is 0 Å². The number of phenolic OH excluding ortho intramolecular Hbond substituents is 1. The minimum absolute atomic E-state index is 0.0180. The van der Waals surface area contributed by atoms with Crippen molar-refractivity contribution in [1.29, 1.82) is 0 Å². The Morgan fingerprint density at radius 3 is 2.00 bits per heavy atom. The van der Waals surface area contributed by atoms with Crippen LogP contribution in [0, 0.1) is 0 Å².